The fourth-order valence-corrected chi connectivity index (χ4v) is 3.92. The lowest BCUT2D eigenvalue weighted by Gasteiger charge is -2.33. The number of halogens is 2. The Balaban J connectivity index is 2.28. The van der Waals surface area contributed by atoms with E-state index in [0.29, 0.717) is 33.7 Å². The van der Waals surface area contributed by atoms with Crippen LogP contribution in [0.1, 0.15) is 65.0 Å². The number of nitrogens with zero attached hydrogens (tertiary/aromatic N) is 1. The Labute approximate surface area is 207 Å². The lowest BCUT2D eigenvalue weighted by atomic mass is 10.0. The molecule has 2 amide bonds. The summed E-state index contributed by atoms with van der Waals surface area (Å²) in [6, 6.07) is 12.1. The molecule has 0 bridgehead atoms. The van der Waals surface area contributed by atoms with Crippen molar-refractivity contribution in [3.05, 3.63) is 63.6 Å². The first-order chi connectivity index (χ1) is 15.4. The largest absolute Gasteiger partial charge is 0.484 e. The van der Waals surface area contributed by atoms with Crippen molar-refractivity contribution in [3.63, 3.8) is 0 Å². The van der Waals surface area contributed by atoms with Crippen LogP contribution in [0.5, 0.6) is 5.75 Å². The smallest absolute Gasteiger partial charge is 0.261 e. The predicted octanol–water partition coefficient (Wildman–Crippen LogP) is 6.22. The molecule has 0 radical (unpaired) electrons. The van der Waals surface area contributed by atoms with E-state index in [0.717, 1.165) is 0 Å². The van der Waals surface area contributed by atoms with Crippen LogP contribution >= 0.6 is 23.2 Å². The predicted molar refractivity (Wildman–Crippen MR) is 135 cm³/mol. The van der Waals surface area contributed by atoms with Gasteiger partial charge in [-0.1, -0.05) is 62.2 Å². The van der Waals surface area contributed by atoms with Gasteiger partial charge in [-0.2, -0.15) is 0 Å². The fraction of sp³-hybridized carbons (Fsp3) is 0.462. The van der Waals surface area contributed by atoms with E-state index < -0.39 is 11.6 Å². The van der Waals surface area contributed by atoms with Crippen molar-refractivity contribution in [1.29, 1.82) is 0 Å². The number of carbonyl (C=O) groups excluding carboxylic acids is 2. The van der Waals surface area contributed by atoms with Crippen molar-refractivity contribution in [2.24, 2.45) is 0 Å². The second kappa shape index (κ2) is 11.8. The number of hydrogen-bond donors (Lipinski definition) is 1. The van der Waals surface area contributed by atoms with Gasteiger partial charge in [0.2, 0.25) is 5.91 Å². The van der Waals surface area contributed by atoms with E-state index in [1.807, 2.05) is 52.0 Å². The summed E-state index contributed by atoms with van der Waals surface area (Å²) in [5, 5.41) is 3.85. The molecule has 1 N–H and O–H groups in total. The molecule has 0 aromatic heterocycles. The molecule has 180 valence electrons. The van der Waals surface area contributed by atoms with Gasteiger partial charge in [-0.3, -0.25) is 9.59 Å². The second-order valence-electron chi connectivity index (χ2n) is 9.40. The van der Waals surface area contributed by atoms with Gasteiger partial charge in [-0.05, 0) is 62.9 Å². The number of hydrogen-bond acceptors (Lipinski definition) is 3. The Morgan fingerprint density at radius 1 is 1.03 bits per heavy atom. The zero-order valence-corrected chi connectivity index (χ0v) is 21.8. The van der Waals surface area contributed by atoms with Gasteiger partial charge in [0.15, 0.2) is 6.61 Å². The van der Waals surface area contributed by atoms with Crippen molar-refractivity contribution in [2.45, 2.75) is 72.0 Å². The van der Waals surface area contributed by atoms with Gasteiger partial charge >= 0.3 is 0 Å². The summed E-state index contributed by atoms with van der Waals surface area (Å²) >= 11 is 12.7. The summed E-state index contributed by atoms with van der Waals surface area (Å²) in [6.07, 6.45) is 0.429. The number of amides is 2. The molecule has 2 aromatic carbocycles. The molecule has 0 unspecified atom stereocenters. The molecule has 0 aliphatic carbocycles. The Morgan fingerprint density at radius 2 is 1.61 bits per heavy atom. The van der Waals surface area contributed by atoms with E-state index in [1.54, 1.807) is 18.2 Å². The average molecular weight is 493 g/mol. The van der Waals surface area contributed by atoms with Crippen molar-refractivity contribution >= 4 is 35.0 Å². The third-order valence-corrected chi connectivity index (χ3v) is 5.89. The van der Waals surface area contributed by atoms with E-state index >= 15 is 0 Å². The van der Waals surface area contributed by atoms with Crippen LogP contribution in [0.4, 0.5) is 0 Å². The summed E-state index contributed by atoms with van der Waals surface area (Å²) in [5.74, 6) is 0.441. The third kappa shape index (κ3) is 7.94. The van der Waals surface area contributed by atoms with Gasteiger partial charge in [0.1, 0.15) is 11.8 Å². The van der Waals surface area contributed by atoms with Crippen LogP contribution < -0.4 is 10.1 Å². The molecule has 0 aliphatic heterocycles. The van der Waals surface area contributed by atoms with Gasteiger partial charge in [0.25, 0.3) is 5.91 Å². The quantitative estimate of drug-likeness (QED) is 0.451. The maximum atomic E-state index is 13.3. The van der Waals surface area contributed by atoms with Gasteiger partial charge < -0.3 is 15.0 Å². The minimum atomic E-state index is -0.698. The highest BCUT2D eigenvalue weighted by atomic mass is 35.5. The lowest BCUT2D eigenvalue weighted by Crippen LogP contribution is -2.54. The number of rotatable bonds is 9. The van der Waals surface area contributed by atoms with Crippen LogP contribution in [0, 0.1) is 0 Å². The van der Waals surface area contributed by atoms with Crippen molar-refractivity contribution in [3.8, 4) is 5.75 Å². The number of carbonyl (C=O) groups is 2. The SMILES string of the molecule is CC[C@@H](C(=O)NC(C)(C)C)N(Cc1c(Cl)cccc1Cl)C(=O)COc1ccc(C(C)C)cc1. The number of nitrogens with one attached hydrogen (secondary N) is 1. The second-order valence-corrected chi connectivity index (χ2v) is 10.2. The first-order valence-corrected chi connectivity index (χ1v) is 12.0. The minimum Gasteiger partial charge on any atom is -0.484 e. The van der Waals surface area contributed by atoms with E-state index in [-0.39, 0.29) is 25.0 Å². The molecule has 33 heavy (non-hydrogen) atoms. The van der Waals surface area contributed by atoms with E-state index in [1.165, 1.54) is 10.5 Å². The van der Waals surface area contributed by atoms with Gasteiger partial charge in [-0.25, -0.2) is 0 Å². The average Bonchev–Trinajstić information content (AvgIpc) is 2.73. The van der Waals surface area contributed by atoms with Crippen molar-refractivity contribution < 1.29 is 14.3 Å². The maximum Gasteiger partial charge on any atom is 0.261 e. The topological polar surface area (TPSA) is 58.6 Å². The molecular formula is C26H34Cl2N2O3. The molecule has 0 fully saturated rings. The zero-order valence-electron chi connectivity index (χ0n) is 20.2. The van der Waals surface area contributed by atoms with Gasteiger partial charge in [0, 0.05) is 27.7 Å². The summed E-state index contributed by atoms with van der Waals surface area (Å²) < 4.78 is 5.77. The highest BCUT2D eigenvalue weighted by Crippen LogP contribution is 2.27. The highest BCUT2D eigenvalue weighted by Gasteiger charge is 2.31. The van der Waals surface area contributed by atoms with Crippen LogP contribution in [0.25, 0.3) is 0 Å². The molecule has 0 saturated heterocycles. The molecule has 1 atom stereocenters. The van der Waals surface area contributed by atoms with E-state index in [2.05, 4.69) is 19.2 Å². The minimum absolute atomic E-state index is 0.100. The van der Waals surface area contributed by atoms with Crippen LogP contribution in [0.3, 0.4) is 0 Å². The Kier molecular flexibility index (Phi) is 9.62. The highest BCUT2D eigenvalue weighted by molar-refractivity contribution is 6.36. The van der Waals surface area contributed by atoms with Crippen molar-refractivity contribution in [1.82, 2.24) is 10.2 Å². The van der Waals surface area contributed by atoms with Crippen molar-refractivity contribution in [2.75, 3.05) is 6.61 Å². The summed E-state index contributed by atoms with van der Waals surface area (Å²) in [4.78, 5) is 27.9. The number of ether oxygens (including phenoxy) is 1. The van der Waals surface area contributed by atoms with Gasteiger partial charge in [-0.15, -0.1) is 0 Å². The standard InChI is InChI=1S/C26H34Cl2N2O3/c1-7-23(25(32)29-26(4,5)6)30(15-20-21(27)9-8-10-22(20)28)24(31)16-33-19-13-11-18(12-14-19)17(2)3/h8-14,17,23H,7,15-16H2,1-6H3,(H,29,32)/t23-/m0/s1. The van der Waals surface area contributed by atoms with Crippen LogP contribution in [0.2, 0.25) is 10.0 Å². The van der Waals surface area contributed by atoms with E-state index in [4.69, 9.17) is 27.9 Å². The van der Waals surface area contributed by atoms with E-state index in [9.17, 15) is 9.59 Å². The Hall–Kier alpha value is -2.24. The molecule has 2 aromatic rings. The molecule has 2 rings (SSSR count). The van der Waals surface area contributed by atoms with Crippen LogP contribution in [-0.2, 0) is 16.1 Å². The molecule has 0 spiro atoms. The third-order valence-electron chi connectivity index (χ3n) is 5.18. The Morgan fingerprint density at radius 3 is 2.09 bits per heavy atom. The fourth-order valence-electron chi connectivity index (χ4n) is 3.40. The number of benzene rings is 2. The molecule has 0 heterocycles. The molecule has 0 saturated carbocycles. The Bertz CT molecular complexity index is 933. The lowest BCUT2D eigenvalue weighted by molar-refractivity contribution is -0.143. The maximum absolute atomic E-state index is 13.3. The molecule has 0 aliphatic rings. The zero-order chi connectivity index (χ0) is 24.8. The van der Waals surface area contributed by atoms with Crippen LogP contribution in [-0.4, -0.2) is 34.9 Å². The first kappa shape index (κ1) is 27.0. The summed E-state index contributed by atoms with van der Waals surface area (Å²) in [7, 11) is 0. The van der Waals surface area contributed by atoms with Crippen LogP contribution in [0.15, 0.2) is 42.5 Å². The monoisotopic (exact) mass is 492 g/mol. The summed E-state index contributed by atoms with van der Waals surface area (Å²) in [6.45, 7) is 11.7. The normalized spacial score (nSPS) is 12.4. The molecular weight excluding hydrogens is 459 g/mol. The summed E-state index contributed by atoms with van der Waals surface area (Å²) in [5.41, 5.74) is 1.35. The first-order valence-electron chi connectivity index (χ1n) is 11.2. The van der Waals surface area contributed by atoms with Gasteiger partial charge in [0.05, 0.1) is 0 Å². The molecule has 7 heteroatoms. The molecule has 5 nitrogen and oxygen atoms in total.